The minimum absolute atomic E-state index is 0.452. The second-order valence-electron chi connectivity index (χ2n) is 5.42. The summed E-state index contributed by atoms with van der Waals surface area (Å²) in [7, 11) is 0. The summed E-state index contributed by atoms with van der Waals surface area (Å²) in [6.45, 7) is 8.82. The maximum Gasteiger partial charge on any atom is 0.0743 e. The Bertz CT molecular complexity index is 558. The number of hydrogen-bond donors (Lipinski definition) is 1. The molecule has 0 radical (unpaired) electrons. The molecule has 0 fully saturated rings. The van der Waals surface area contributed by atoms with Crippen molar-refractivity contribution in [3.63, 3.8) is 0 Å². The first-order valence-electron chi connectivity index (χ1n) is 6.58. The lowest BCUT2D eigenvalue weighted by Gasteiger charge is -2.15. The number of para-hydroxylation sites is 1. The lowest BCUT2D eigenvalue weighted by Crippen LogP contribution is -2.00. The van der Waals surface area contributed by atoms with E-state index in [1.54, 1.807) is 0 Å². The van der Waals surface area contributed by atoms with Crippen molar-refractivity contribution in [1.82, 2.24) is 4.98 Å². The zero-order chi connectivity index (χ0) is 13.3. The molecule has 1 aromatic carbocycles. The fourth-order valence-corrected chi connectivity index (χ4v) is 2.52. The second-order valence-corrected chi connectivity index (χ2v) is 5.73. The van der Waals surface area contributed by atoms with Crippen LogP contribution in [0.3, 0.4) is 0 Å². The second kappa shape index (κ2) is 5.31. The van der Waals surface area contributed by atoms with E-state index in [4.69, 9.17) is 4.98 Å². The van der Waals surface area contributed by atoms with Crippen LogP contribution in [-0.2, 0) is 5.75 Å². The van der Waals surface area contributed by atoms with Crippen molar-refractivity contribution in [3.8, 4) is 0 Å². The van der Waals surface area contributed by atoms with Gasteiger partial charge in [-0.2, -0.15) is 12.6 Å². The highest BCUT2D eigenvalue weighted by Gasteiger charge is 2.12. The number of thiol groups is 1. The Morgan fingerprint density at radius 2 is 1.83 bits per heavy atom. The van der Waals surface area contributed by atoms with E-state index in [-0.39, 0.29) is 0 Å². The lowest BCUT2D eigenvalue weighted by atomic mass is 9.96. The molecule has 0 amide bonds. The third-order valence-electron chi connectivity index (χ3n) is 3.36. The molecule has 2 rings (SSSR count). The Balaban J connectivity index is 2.79. The third kappa shape index (κ3) is 2.39. The fraction of sp³-hybridized carbons (Fsp3) is 0.438. The van der Waals surface area contributed by atoms with Crippen molar-refractivity contribution in [2.75, 3.05) is 0 Å². The van der Waals surface area contributed by atoms with Crippen molar-refractivity contribution < 1.29 is 0 Å². The predicted octanol–water partition coefficient (Wildman–Crippen LogP) is 4.91. The summed E-state index contributed by atoms with van der Waals surface area (Å²) < 4.78 is 0. The maximum atomic E-state index is 4.87. The molecule has 0 saturated heterocycles. The molecule has 0 unspecified atom stereocenters. The molecule has 0 bridgehead atoms. The molecule has 0 aliphatic heterocycles. The summed E-state index contributed by atoms with van der Waals surface area (Å²) in [6, 6.07) is 8.67. The van der Waals surface area contributed by atoms with Crippen LogP contribution in [0.2, 0.25) is 0 Å². The Kier molecular flexibility index (Phi) is 3.96. The van der Waals surface area contributed by atoms with Gasteiger partial charge in [0.2, 0.25) is 0 Å². The van der Waals surface area contributed by atoms with E-state index in [1.807, 2.05) is 0 Å². The summed E-state index contributed by atoms with van der Waals surface area (Å²) >= 11 is 4.46. The molecule has 0 atom stereocenters. The molecular weight excluding hydrogens is 238 g/mol. The summed E-state index contributed by atoms with van der Waals surface area (Å²) in [5, 5.41) is 1.25. The van der Waals surface area contributed by atoms with Gasteiger partial charge in [-0.3, -0.25) is 4.98 Å². The summed E-state index contributed by atoms with van der Waals surface area (Å²) in [4.78, 5) is 4.87. The van der Waals surface area contributed by atoms with E-state index in [9.17, 15) is 0 Å². The highest BCUT2D eigenvalue weighted by Crippen LogP contribution is 2.29. The van der Waals surface area contributed by atoms with Gasteiger partial charge < -0.3 is 0 Å². The summed E-state index contributed by atoms with van der Waals surface area (Å²) in [6.07, 6.45) is 0. The number of fused-ring (bicyclic) bond motifs is 1. The van der Waals surface area contributed by atoms with Crippen LogP contribution in [0.4, 0.5) is 0 Å². The van der Waals surface area contributed by atoms with Crippen molar-refractivity contribution in [1.29, 1.82) is 0 Å². The molecule has 1 nitrogen and oxygen atoms in total. The number of nitrogens with zero attached hydrogens (tertiary/aromatic N) is 1. The highest BCUT2D eigenvalue weighted by molar-refractivity contribution is 7.79. The van der Waals surface area contributed by atoms with Crippen molar-refractivity contribution in [2.24, 2.45) is 0 Å². The first-order chi connectivity index (χ1) is 8.54. The van der Waals surface area contributed by atoms with Crippen LogP contribution >= 0.6 is 12.6 Å². The van der Waals surface area contributed by atoms with Crippen LogP contribution in [0.25, 0.3) is 10.9 Å². The molecule has 96 valence electrons. The van der Waals surface area contributed by atoms with Gasteiger partial charge in [-0.15, -0.1) is 0 Å². The quantitative estimate of drug-likeness (QED) is 0.773. The SMILES string of the molecule is CC(C)c1cc(CS)c2cccc(C(C)C)c2n1. The van der Waals surface area contributed by atoms with E-state index < -0.39 is 0 Å². The standard InChI is InChI=1S/C16H21NS/c1-10(2)13-6-5-7-14-12(9-18)8-15(11(3)4)17-16(13)14/h5-8,10-11,18H,9H2,1-4H3. The molecule has 0 N–H and O–H groups in total. The predicted molar refractivity (Wildman–Crippen MR) is 82.6 cm³/mol. The van der Waals surface area contributed by atoms with Crippen molar-refractivity contribution in [2.45, 2.75) is 45.3 Å². The summed E-state index contributed by atoms with van der Waals surface area (Å²) in [5.41, 5.74) is 4.94. The highest BCUT2D eigenvalue weighted by atomic mass is 32.1. The molecule has 0 aliphatic rings. The van der Waals surface area contributed by atoms with Gasteiger partial charge in [-0.1, -0.05) is 45.9 Å². The van der Waals surface area contributed by atoms with Gasteiger partial charge in [0.25, 0.3) is 0 Å². The summed E-state index contributed by atoms with van der Waals surface area (Å²) in [5.74, 6) is 1.71. The monoisotopic (exact) mass is 259 g/mol. The molecule has 0 spiro atoms. The van der Waals surface area contributed by atoms with Crippen LogP contribution in [0.5, 0.6) is 0 Å². The van der Waals surface area contributed by atoms with Crippen LogP contribution < -0.4 is 0 Å². The van der Waals surface area contributed by atoms with E-state index in [0.717, 1.165) is 11.3 Å². The van der Waals surface area contributed by atoms with Gasteiger partial charge in [-0.05, 0) is 29.0 Å². The van der Waals surface area contributed by atoms with Gasteiger partial charge in [0.15, 0.2) is 0 Å². The zero-order valence-electron chi connectivity index (χ0n) is 11.6. The van der Waals surface area contributed by atoms with Gasteiger partial charge in [0, 0.05) is 16.8 Å². The minimum atomic E-state index is 0.452. The average Bonchev–Trinajstić information content (AvgIpc) is 2.36. The average molecular weight is 259 g/mol. The molecule has 0 saturated carbocycles. The van der Waals surface area contributed by atoms with Gasteiger partial charge in [0.1, 0.15) is 0 Å². The van der Waals surface area contributed by atoms with E-state index in [0.29, 0.717) is 11.8 Å². The van der Waals surface area contributed by atoms with Gasteiger partial charge in [-0.25, -0.2) is 0 Å². The molecule has 0 aliphatic carbocycles. The fourth-order valence-electron chi connectivity index (χ4n) is 2.26. The molecule has 1 aromatic heterocycles. The molecule has 1 heterocycles. The first-order valence-corrected chi connectivity index (χ1v) is 7.21. The number of benzene rings is 1. The third-order valence-corrected chi connectivity index (χ3v) is 3.70. The molecule has 18 heavy (non-hydrogen) atoms. The van der Waals surface area contributed by atoms with Crippen molar-refractivity contribution in [3.05, 3.63) is 41.1 Å². The van der Waals surface area contributed by atoms with Crippen LogP contribution in [0, 0.1) is 0 Å². The smallest absolute Gasteiger partial charge is 0.0743 e. The molecule has 2 aromatic rings. The maximum absolute atomic E-state index is 4.87. The number of rotatable bonds is 3. The topological polar surface area (TPSA) is 12.9 Å². The Morgan fingerprint density at radius 3 is 2.39 bits per heavy atom. The first kappa shape index (κ1) is 13.4. The normalized spacial score (nSPS) is 11.7. The zero-order valence-corrected chi connectivity index (χ0v) is 12.5. The van der Waals surface area contributed by atoms with Crippen LogP contribution in [-0.4, -0.2) is 4.98 Å². The van der Waals surface area contributed by atoms with E-state index >= 15 is 0 Å². The Hall–Kier alpha value is -1.02. The Morgan fingerprint density at radius 1 is 1.11 bits per heavy atom. The van der Waals surface area contributed by atoms with Gasteiger partial charge in [0.05, 0.1) is 5.52 Å². The largest absolute Gasteiger partial charge is 0.252 e. The van der Waals surface area contributed by atoms with E-state index in [1.165, 1.54) is 22.2 Å². The molecular formula is C16H21NS. The van der Waals surface area contributed by atoms with Crippen molar-refractivity contribution >= 4 is 23.5 Å². The van der Waals surface area contributed by atoms with Gasteiger partial charge >= 0.3 is 0 Å². The lowest BCUT2D eigenvalue weighted by molar-refractivity contribution is 0.821. The van der Waals surface area contributed by atoms with Crippen LogP contribution in [0.1, 0.15) is 56.4 Å². The number of aromatic nitrogens is 1. The number of hydrogen-bond acceptors (Lipinski definition) is 2. The Labute approximate surface area is 115 Å². The number of pyridine rings is 1. The van der Waals surface area contributed by atoms with E-state index in [2.05, 4.69) is 64.6 Å². The van der Waals surface area contributed by atoms with Crippen LogP contribution in [0.15, 0.2) is 24.3 Å². The molecule has 2 heteroatoms. The minimum Gasteiger partial charge on any atom is -0.252 e.